The smallest absolute Gasteiger partial charge is 0.391 e. The summed E-state index contributed by atoms with van der Waals surface area (Å²) < 4.78 is 89.3. The minimum Gasteiger partial charge on any atom is -0.493 e. The van der Waals surface area contributed by atoms with Gasteiger partial charge in [-0.1, -0.05) is 6.07 Å². The van der Waals surface area contributed by atoms with Crippen molar-refractivity contribution < 1.29 is 30.7 Å². The minimum atomic E-state index is -4.28. The van der Waals surface area contributed by atoms with Gasteiger partial charge in [0.25, 0.3) is 10.0 Å². The van der Waals surface area contributed by atoms with E-state index >= 15 is 4.39 Å². The second-order valence-electron chi connectivity index (χ2n) is 9.16. The summed E-state index contributed by atoms with van der Waals surface area (Å²) in [6.45, 7) is 0.881. The molecule has 2 aliphatic heterocycles. The number of thiazole rings is 1. The van der Waals surface area contributed by atoms with Crippen molar-refractivity contribution in [1.82, 2.24) is 14.9 Å². The Morgan fingerprint density at radius 3 is 2.76 bits per heavy atom. The summed E-state index contributed by atoms with van der Waals surface area (Å²) in [7, 11) is -4.24. The van der Waals surface area contributed by atoms with E-state index in [2.05, 4.69) is 14.7 Å². The highest BCUT2D eigenvalue weighted by molar-refractivity contribution is 7.93. The number of fused-ring (bicyclic) bond motifs is 1. The van der Waals surface area contributed by atoms with Crippen molar-refractivity contribution in [2.75, 3.05) is 24.4 Å². The lowest BCUT2D eigenvalue weighted by Crippen LogP contribution is -2.43. The minimum absolute atomic E-state index is 0.0235. The van der Waals surface area contributed by atoms with Gasteiger partial charge in [-0.3, -0.25) is 14.6 Å². The summed E-state index contributed by atoms with van der Waals surface area (Å²) in [5.41, 5.74) is 1.20. The number of pyridine rings is 1. The number of aromatic nitrogens is 2. The van der Waals surface area contributed by atoms with E-state index in [1.807, 2.05) is 4.90 Å². The molecular formula is C24H24F4N4O3S2. The van der Waals surface area contributed by atoms with Gasteiger partial charge in [-0.15, -0.1) is 11.3 Å². The maximum absolute atomic E-state index is 15.1. The third-order valence-corrected chi connectivity index (χ3v) is 9.04. The molecule has 1 N–H and O–H groups in total. The second kappa shape index (κ2) is 10.2. The average molecular weight is 557 g/mol. The largest absolute Gasteiger partial charge is 0.493 e. The number of nitrogens with one attached hydrogen (secondary N) is 1. The molecule has 5 rings (SSSR count). The fourth-order valence-corrected chi connectivity index (χ4v) is 6.90. The van der Waals surface area contributed by atoms with Gasteiger partial charge in [-0.2, -0.15) is 13.2 Å². The van der Waals surface area contributed by atoms with Crippen molar-refractivity contribution in [2.24, 2.45) is 5.92 Å². The van der Waals surface area contributed by atoms with Gasteiger partial charge in [0.1, 0.15) is 16.5 Å². The highest BCUT2D eigenvalue weighted by Crippen LogP contribution is 2.44. The molecule has 1 saturated heterocycles. The van der Waals surface area contributed by atoms with Crippen LogP contribution in [0.4, 0.5) is 22.7 Å². The number of hydrogen-bond acceptors (Lipinski definition) is 7. The molecule has 13 heteroatoms. The molecule has 2 aliphatic rings. The quantitative estimate of drug-likeness (QED) is 0.412. The van der Waals surface area contributed by atoms with Crippen molar-refractivity contribution in [1.29, 1.82) is 0 Å². The molecule has 2 aromatic heterocycles. The Labute approximate surface area is 215 Å². The van der Waals surface area contributed by atoms with Crippen LogP contribution in [-0.4, -0.2) is 49.2 Å². The number of ether oxygens (including phenoxy) is 1. The van der Waals surface area contributed by atoms with E-state index in [4.69, 9.17) is 4.74 Å². The van der Waals surface area contributed by atoms with Gasteiger partial charge >= 0.3 is 6.18 Å². The van der Waals surface area contributed by atoms with Crippen LogP contribution in [0.3, 0.4) is 0 Å². The monoisotopic (exact) mass is 556 g/mol. The van der Waals surface area contributed by atoms with Gasteiger partial charge in [-0.05, 0) is 43.5 Å². The number of benzene rings is 1. The first-order valence-corrected chi connectivity index (χ1v) is 14.1. The van der Waals surface area contributed by atoms with Crippen LogP contribution in [0, 0.1) is 11.7 Å². The van der Waals surface area contributed by atoms with Crippen LogP contribution in [0.2, 0.25) is 0 Å². The van der Waals surface area contributed by atoms with Crippen molar-refractivity contribution in [3.63, 3.8) is 0 Å². The summed E-state index contributed by atoms with van der Waals surface area (Å²) in [5, 5.41) is 1.70. The first-order valence-electron chi connectivity index (χ1n) is 11.7. The standard InChI is InChI=1S/C24H24F4N4O3S2/c25-19-11-18-16(4-8-35-21(18)12-22(19)37(33,34)31-23-30-6-9-36-23)14-32-7-3-17(24(26,27)28)10-20(32)15-2-1-5-29-13-15/h1-2,5-6,9,11-13,16-17,20H,3-4,7-8,10,14H2,(H,30,31)/t16-,17+,20-/m0/s1. The molecule has 37 heavy (non-hydrogen) atoms. The lowest BCUT2D eigenvalue weighted by atomic mass is 9.85. The van der Waals surface area contributed by atoms with Gasteiger partial charge in [0.15, 0.2) is 5.13 Å². The van der Waals surface area contributed by atoms with E-state index in [1.54, 1.807) is 29.9 Å². The third-order valence-electron chi connectivity index (χ3n) is 6.87. The van der Waals surface area contributed by atoms with E-state index in [-0.39, 0.29) is 42.8 Å². The van der Waals surface area contributed by atoms with Crippen molar-refractivity contribution >= 4 is 26.5 Å². The molecule has 4 heterocycles. The van der Waals surface area contributed by atoms with Gasteiger partial charge in [0.2, 0.25) is 0 Å². The van der Waals surface area contributed by atoms with E-state index in [0.29, 0.717) is 24.1 Å². The first kappa shape index (κ1) is 25.9. The number of anilines is 1. The maximum Gasteiger partial charge on any atom is 0.391 e. The van der Waals surface area contributed by atoms with Crippen molar-refractivity contribution in [3.05, 3.63) is 65.2 Å². The Morgan fingerprint density at radius 1 is 1.22 bits per heavy atom. The number of alkyl halides is 3. The van der Waals surface area contributed by atoms with Crippen LogP contribution in [0.15, 0.2) is 53.1 Å². The predicted molar refractivity (Wildman–Crippen MR) is 130 cm³/mol. The predicted octanol–water partition coefficient (Wildman–Crippen LogP) is 5.36. The Morgan fingerprint density at radius 2 is 2.05 bits per heavy atom. The summed E-state index contributed by atoms with van der Waals surface area (Å²) in [6.07, 6.45) is 0.717. The van der Waals surface area contributed by atoms with E-state index in [0.717, 1.165) is 17.4 Å². The van der Waals surface area contributed by atoms with E-state index < -0.39 is 38.9 Å². The first-order chi connectivity index (χ1) is 17.6. The molecule has 1 aromatic carbocycles. The van der Waals surface area contributed by atoms with Gasteiger partial charge in [0.05, 0.1) is 12.5 Å². The SMILES string of the molecule is O=S(=O)(Nc1nccs1)c1cc2c(cc1F)[C@H](CN1CC[C@@H](C(F)(F)F)C[C@H]1c1cccnc1)CCO2. The van der Waals surface area contributed by atoms with Crippen LogP contribution in [0.25, 0.3) is 0 Å². The van der Waals surface area contributed by atoms with Crippen molar-refractivity contribution in [2.45, 2.75) is 42.3 Å². The summed E-state index contributed by atoms with van der Waals surface area (Å²) in [4.78, 5) is 9.40. The van der Waals surface area contributed by atoms with Crippen LogP contribution in [0.1, 0.15) is 42.3 Å². The Balaban J connectivity index is 1.41. The molecule has 1 fully saturated rings. The zero-order valence-electron chi connectivity index (χ0n) is 19.5. The van der Waals surface area contributed by atoms with Gasteiger partial charge in [0, 0.05) is 54.1 Å². The molecule has 198 valence electrons. The molecule has 3 atom stereocenters. The lowest BCUT2D eigenvalue weighted by molar-refractivity contribution is -0.190. The molecule has 0 aliphatic carbocycles. The highest BCUT2D eigenvalue weighted by atomic mass is 32.2. The fourth-order valence-electron chi connectivity index (χ4n) is 5.03. The summed E-state index contributed by atoms with van der Waals surface area (Å²) in [5.74, 6) is -2.34. The molecule has 7 nitrogen and oxygen atoms in total. The van der Waals surface area contributed by atoms with E-state index in [9.17, 15) is 21.6 Å². The second-order valence-corrected chi connectivity index (χ2v) is 11.7. The fraction of sp³-hybridized carbons (Fsp3) is 0.417. The van der Waals surface area contributed by atoms with Gasteiger partial charge in [-0.25, -0.2) is 17.8 Å². The molecule has 3 aromatic rings. The molecule has 0 unspecified atom stereocenters. The average Bonchev–Trinajstić information content (AvgIpc) is 3.36. The normalized spacial score (nSPS) is 22.8. The molecule has 0 saturated carbocycles. The van der Waals surface area contributed by atoms with Crippen molar-refractivity contribution in [3.8, 4) is 5.75 Å². The molecular weight excluding hydrogens is 532 g/mol. The lowest BCUT2D eigenvalue weighted by Gasteiger charge is -2.42. The van der Waals surface area contributed by atoms with Crippen LogP contribution >= 0.6 is 11.3 Å². The molecule has 0 spiro atoms. The number of sulfonamides is 1. The van der Waals surface area contributed by atoms with E-state index in [1.165, 1.54) is 12.3 Å². The molecule has 0 amide bonds. The Kier molecular flexibility index (Phi) is 7.12. The number of nitrogens with zero attached hydrogens (tertiary/aromatic N) is 3. The molecule has 0 bridgehead atoms. The van der Waals surface area contributed by atoms with Crippen LogP contribution in [-0.2, 0) is 10.0 Å². The summed E-state index contributed by atoms with van der Waals surface area (Å²) in [6, 6.07) is 5.31. The molecule has 0 radical (unpaired) electrons. The Hall–Kier alpha value is -2.77. The number of hydrogen-bond donors (Lipinski definition) is 1. The van der Waals surface area contributed by atoms with Gasteiger partial charge < -0.3 is 4.74 Å². The third kappa shape index (κ3) is 5.58. The number of halogens is 4. The van der Waals surface area contributed by atoms with Crippen LogP contribution < -0.4 is 9.46 Å². The number of piperidine rings is 1. The highest BCUT2D eigenvalue weighted by Gasteiger charge is 2.45. The Bertz CT molecular complexity index is 1340. The number of rotatable bonds is 6. The maximum atomic E-state index is 15.1. The van der Waals surface area contributed by atoms with Crippen LogP contribution in [0.5, 0.6) is 5.75 Å². The zero-order chi connectivity index (χ0) is 26.2. The number of likely N-dealkylation sites (tertiary alicyclic amines) is 1. The zero-order valence-corrected chi connectivity index (χ0v) is 21.1. The topological polar surface area (TPSA) is 84.4 Å². The summed E-state index contributed by atoms with van der Waals surface area (Å²) >= 11 is 1.06.